The Morgan fingerprint density at radius 1 is 1.10 bits per heavy atom. The van der Waals surface area contributed by atoms with E-state index >= 15 is 0 Å². The molecule has 2 unspecified atom stereocenters. The standard InChI is InChI=1S/C25H21F6N5O3S/c26-24(27,28)17-3-2-15(19(9-17)25(29,30)31)12-36-20-4-1-14(7-16(20)10-33-36)8-21-22(38)34-23(40(21)39)35-6-5-32-11-18(35)13-37/h1-4,7-10,18,32,37H,5-6,11-13H2. The predicted octanol–water partition coefficient (Wildman–Crippen LogP) is 3.37. The smallest absolute Gasteiger partial charge is 0.394 e. The first-order chi connectivity index (χ1) is 18.9. The second kappa shape index (κ2) is 10.4. The molecule has 212 valence electrons. The Kier molecular flexibility index (Phi) is 7.31. The van der Waals surface area contributed by atoms with Crippen molar-refractivity contribution >= 4 is 38.9 Å². The molecule has 3 aromatic rings. The molecular formula is C25H21F6N5O3S. The zero-order valence-electron chi connectivity index (χ0n) is 20.5. The third-order valence-corrected chi connectivity index (χ3v) is 7.96. The summed E-state index contributed by atoms with van der Waals surface area (Å²) >= 11 is 0. The number of amides is 1. The molecule has 40 heavy (non-hydrogen) atoms. The van der Waals surface area contributed by atoms with E-state index in [1.54, 1.807) is 17.0 Å². The van der Waals surface area contributed by atoms with Gasteiger partial charge in [0.15, 0.2) is 0 Å². The van der Waals surface area contributed by atoms with Crippen molar-refractivity contribution in [3.05, 3.63) is 69.8 Å². The molecule has 1 fully saturated rings. The number of carbonyl (C=O) groups is 1. The van der Waals surface area contributed by atoms with Crippen LogP contribution in [0.2, 0.25) is 0 Å². The summed E-state index contributed by atoms with van der Waals surface area (Å²) in [6.07, 6.45) is -7.16. The number of aliphatic hydroxyl groups is 1. The molecule has 2 N–H and O–H groups in total. The number of hydrogen-bond acceptors (Lipinski definition) is 6. The minimum absolute atomic E-state index is 0.0588. The van der Waals surface area contributed by atoms with E-state index in [1.165, 1.54) is 23.0 Å². The van der Waals surface area contributed by atoms with Gasteiger partial charge in [-0.05, 0) is 41.5 Å². The largest absolute Gasteiger partial charge is 0.416 e. The van der Waals surface area contributed by atoms with Crippen molar-refractivity contribution < 1.29 is 40.5 Å². The highest BCUT2D eigenvalue weighted by atomic mass is 32.2. The zero-order valence-corrected chi connectivity index (χ0v) is 21.3. The van der Waals surface area contributed by atoms with E-state index < -0.39 is 46.7 Å². The van der Waals surface area contributed by atoms with Crippen molar-refractivity contribution in [2.75, 3.05) is 26.2 Å². The van der Waals surface area contributed by atoms with Gasteiger partial charge in [0.2, 0.25) is 5.17 Å². The zero-order chi connectivity index (χ0) is 28.8. The van der Waals surface area contributed by atoms with Crippen LogP contribution < -0.4 is 5.32 Å². The first kappa shape index (κ1) is 28.0. The molecule has 2 aromatic carbocycles. The van der Waals surface area contributed by atoms with Gasteiger partial charge in [-0.15, -0.1) is 0 Å². The molecular weight excluding hydrogens is 564 g/mol. The third kappa shape index (κ3) is 5.40. The number of halogens is 6. The van der Waals surface area contributed by atoms with Gasteiger partial charge in [0.1, 0.15) is 15.7 Å². The van der Waals surface area contributed by atoms with Gasteiger partial charge in [0.25, 0.3) is 5.91 Å². The number of carbonyl (C=O) groups excluding carboxylic acids is 1. The summed E-state index contributed by atoms with van der Waals surface area (Å²) < 4.78 is 94.1. The van der Waals surface area contributed by atoms with Crippen LogP contribution in [0.5, 0.6) is 0 Å². The number of rotatable bonds is 4. The van der Waals surface area contributed by atoms with E-state index in [0.29, 0.717) is 42.2 Å². The Morgan fingerprint density at radius 3 is 2.58 bits per heavy atom. The van der Waals surface area contributed by atoms with Crippen LogP contribution in [0.1, 0.15) is 22.3 Å². The predicted molar refractivity (Wildman–Crippen MR) is 134 cm³/mol. The lowest BCUT2D eigenvalue weighted by atomic mass is 10.0. The maximum atomic E-state index is 13.6. The van der Waals surface area contributed by atoms with Crippen LogP contribution in [-0.2, 0) is 34.5 Å². The first-order valence-electron chi connectivity index (χ1n) is 11.9. The quantitative estimate of drug-likeness (QED) is 0.360. The maximum absolute atomic E-state index is 13.6. The van der Waals surface area contributed by atoms with Gasteiger partial charge in [-0.2, -0.15) is 36.4 Å². The Hall–Kier alpha value is -3.56. The lowest BCUT2D eigenvalue weighted by Gasteiger charge is -2.35. The van der Waals surface area contributed by atoms with Gasteiger partial charge in [0.05, 0.1) is 42.0 Å². The fourth-order valence-corrected chi connectivity index (χ4v) is 5.87. The van der Waals surface area contributed by atoms with Crippen molar-refractivity contribution in [2.24, 2.45) is 4.99 Å². The summed E-state index contributed by atoms with van der Waals surface area (Å²) in [4.78, 5) is 18.1. The molecule has 0 aliphatic carbocycles. The van der Waals surface area contributed by atoms with Crippen molar-refractivity contribution in [1.82, 2.24) is 20.0 Å². The molecule has 3 heterocycles. The molecule has 1 amide bonds. The summed E-state index contributed by atoms with van der Waals surface area (Å²) in [5.41, 5.74) is -2.33. The Labute approximate surface area is 225 Å². The molecule has 1 aromatic heterocycles. The lowest BCUT2D eigenvalue weighted by molar-refractivity contribution is -0.143. The number of piperazine rings is 1. The van der Waals surface area contributed by atoms with Crippen LogP contribution in [0.15, 0.2) is 52.5 Å². The highest BCUT2D eigenvalue weighted by Crippen LogP contribution is 2.38. The number of alkyl halides is 6. The van der Waals surface area contributed by atoms with Crippen molar-refractivity contribution in [3.8, 4) is 0 Å². The van der Waals surface area contributed by atoms with Crippen molar-refractivity contribution in [1.29, 1.82) is 0 Å². The number of benzene rings is 2. The SMILES string of the molecule is O=C1N=C(N2CCNCC2CO)S(=O)C1=Cc1ccc2c(cnn2Cc2ccc(C(F)(F)F)cc2C(F)(F)F)c1. The number of amidine groups is 1. The van der Waals surface area contributed by atoms with Crippen molar-refractivity contribution in [3.63, 3.8) is 0 Å². The molecule has 2 aliphatic heterocycles. The van der Waals surface area contributed by atoms with Crippen molar-refractivity contribution in [2.45, 2.75) is 24.9 Å². The van der Waals surface area contributed by atoms with Crippen LogP contribution in [0.4, 0.5) is 26.3 Å². The van der Waals surface area contributed by atoms with E-state index in [0.717, 1.165) is 6.07 Å². The molecule has 2 aliphatic rings. The van der Waals surface area contributed by atoms with Gasteiger partial charge in [-0.25, -0.2) is 4.21 Å². The van der Waals surface area contributed by atoms with E-state index in [1.807, 2.05) is 0 Å². The number of fused-ring (bicyclic) bond motifs is 1. The molecule has 5 rings (SSSR count). The minimum atomic E-state index is -5.01. The Balaban J connectivity index is 1.41. The fraction of sp³-hybridized carbons (Fsp3) is 0.320. The average Bonchev–Trinajstić information content (AvgIpc) is 3.42. The highest BCUT2D eigenvalue weighted by Gasteiger charge is 2.39. The highest BCUT2D eigenvalue weighted by molar-refractivity contribution is 8.05. The molecule has 15 heteroatoms. The van der Waals surface area contributed by atoms with Gasteiger partial charge < -0.3 is 15.3 Å². The molecule has 2 atom stereocenters. The van der Waals surface area contributed by atoms with Crippen LogP contribution in [0.3, 0.4) is 0 Å². The molecule has 0 saturated carbocycles. The second-order valence-corrected chi connectivity index (χ2v) is 10.5. The summed E-state index contributed by atoms with van der Waals surface area (Å²) in [6.45, 7) is 0.771. The molecule has 8 nitrogen and oxygen atoms in total. The number of nitrogens with zero attached hydrogens (tertiary/aromatic N) is 4. The van der Waals surface area contributed by atoms with Gasteiger partial charge in [0, 0.05) is 25.0 Å². The van der Waals surface area contributed by atoms with E-state index in [-0.39, 0.29) is 34.4 Å². The van der Waals surface area contributed by atoms with Crippen LogP contribution >= 0.6 is 0 Å². The van der Waals surface area contributed by atoms with Gasteiger partial charge in [-0.3, -0.25) is 9.48 Å². The number of aliphatic hydroxyl groups excluding tert-OH is 1. The number of hydrogen-bond donors (Lipinski definition) is 2. The topological polar surface area (TPSA) is 99.8 Å². The second-order valence-electron chi connectivity index (χ2n) is 9.20. The monoisotopic (exact) mass is 585 g/mol. The number of nitrogens with one attached hydrogen (secondary N) is 1. The maximum Gasteiger partial charge on any atom is 0.416 e. The average molecular weight is 586 g/mol. The first-order valence-corrected chi connectivity index (χ1v) is 13.1. The lowest BCUT2D eigenvalue weighted by Crippen LogP contribution is -2.55. The third-order valence-electron chi connectivity index (χ3n) is 6.61. The summed E-state index contributed by atoms with van der Waals surface area (Å²) in [7, 11) is -1.88. The van der Waals surface area contributed by atoms with Gasteiger partial charge in [-0.1, -0.05) is 12.1 Å². The Morgan fingerprint density at radius 2 is 1.88 bits per heavy atom. The van der Waals surface area contributed by atoms with Crippen LogP contribution in [-0.4, -0.2) is 67.4 Å². The van der Waals surface area contributed by atoms with E-state index in [2.05, 4.69) is 15.4 Å². The molecule has 0 bridgehead atoms. The summed E-state index contributed by atoms with van der Waals surface area (Å²) in [5, 5.41) is 17.4. The van der Waals surface area contributed by atoms with Gasteiger partial charge >= 0.3 is 12.4 Å². The summed E-state index contributed by atoms with van der Waals surface area (Å²) in [5.74, 6) is -0.679. The van der Waals surface area contributed by atoms with E-state index in [4.69, 9.17) is 0 Å². The number of aromatic nitrogens is 2. The van der Waals surface area contributed by atoms with Crippen LogP contribution in [0, 0.1) is 0 Å². The van der Waals surface area contributed by atoms with E-state index in [9.17, 15) is 40.5 Å². The Bertz CT molecular complexity index is 1560. The summed E-state index contributed by atoms with van der Waals surface area (Å²) in [6, 6.07) is 5.77. The fourth-order valence-electron chi connectivity index (χ4n) is 4.61. The molecule has 0 spiro atoms. The number of aliphatic imine (C=N–C) groups is 1. The minimum Gasteiger partial charge on any atom is -0.394 e. The molecule has 0 radical (unpaired) electrons. The normalized spacial score (nSPS) is 21.5. The molecule has 1 saturated heterocycles. The van der Waals surface area contributed by atoms with Crippen LogP contribution in [0.25, 0.3) is 17.0 Å².